The number of hydrogen-bond donors (Lipinski definition) is 3. The molecule has 1 aliphatic carbocycles. The molecule has 96 valence electrons. The largest absolute Gasteiger partial charge is 0.394 e. The number of aliphatic hydroxyl groups is 1. The molecular weight excluding hydrogens is 244 g/mol. The molecule has 2 rings (SSSR count). The van der Waals surface area contributed by atoms with Gasteiger partial charge in [0, 0.05) is 11.3 Å². The van der Waals surface area contributed by atoms with E-state index in [-0.39, 0.29) is 12.6 Å². The van der Waals surface area contributed by atoms with Gasteiger partial charge in [0.2, 0.25) is 0 Å². The highest BCUT2D eigenvalue weighted by Gasteiger charge is 2.26. The fraction of sp³-hybridized carbons (Fsp3) is 0.667. The number of hydrogen-bond acceptors (Lipinski definition) is 4. The van der Waals surface area contributed by atoms with Gasteiger partial charge in [0.1, 0.15) is 0 Å². The van der Waals surface area contributed by atoms with Crippen molar-refractivity contribution in [1.29, 1.82) is 0 Å². The molecule has 7 nitrogen and oxygen atoms in total. The molecule has 0 saturated heterocycles. The zero-order chi connectivity index (χ0) is 12.5. The van der Waals surface area contributed by atoms with Gasteiger partial charge in [-0.2, -0.15) is 18.2 Å². The van der Waals surface area contributed by atoms with Crippen LogP contribution in [-0.4, -0.2) is 29.9 Å². The van der Waals surface area contributed by atoms with Gasteiger partial charge in [-0.05, 0) is 19.3 Å². The van der Waals surface area contributed by atoms with E-state index in [1.54, 1.807) is 10.9 Å². The summed E-state index contributed by atoms with van der Waals surface area (Å²) < 4.78 is 26.2. The van der Waals surface area contributed by atoms with Crippen molar-refractivity contribution in [2.24, 2.45) is 5.14 Å². The van der Waals surface area contributed by atoms with Crippen LogP contribution in [0.1, 0.15) is 30.1 Å². The van der Waals surface area contributed by atoms with Crippen molar-refractivity contribution >= 4 is 10.2 Å². The van der Waals surface area contributed by atoms with Gasteiger partial charge in [-0.1, -0.05) is 0 Å². The van der Waals surface area contributed by atoms with Crippen LogP contribution in [0.2, 0.25) is 0 Å². The van der Waals surface area contributed by atoms with Crippen LogP contribution in [0.4, 0.5) is 0 Å². The fourth-order valence-corrected chi connectivity index (χ4v) is 2.87. The number of nitrogens with one attached hydrogen (secondary N) is 1. The minimum atomic E-state index is -3.71. The Labute approximate surface area is 99.8 Å². The number of rotatable bonds is 4. The smallest absolute Gasteiger partial charge is 0.274 e. The van der Waals surface area contributed by atoms with Crippen LogP contribution in [-0.2, 0) is 23.2 Å². The van der Waals surface area contributed by atoms with Crippen molar-refractivity contribution in [2.75, 3.05) is 6.61 Å². The average molecular weight is 260 g/mol. The van der Waals surface area contributed by atoms with Gasteiger partial charge in [0.15, 0.2) is 0 Å². The quantitative estimate of drug-likeness (QED) is 0.648. The zero-order valence-corrected chi connectivity index (χ0v) is 10.2. The number of nitrogens with zero attached hydrogens (tertiary/aromatic N) is 2. The Hall–Kier alpha value is -0.960. The van der Waals surface area contributed by atoms with E-state index in [4.69, 9.17) is 10.2 Å². The lowest BCUT2D eigenvalue weighted by Crippen LogP contribution is -2.35. The maximum absolute atomic E-state index is 11.0. The first-order valence-corrected chi connectivity index (χ1v) is 7.01. The van der Waals surface area contributed by atoms with Crippen LogP contribution in [0, 0.1) is 0 Å². The van der Waals surface area contributed by atoms with Gasteiger partial charge >= 0.3 is 0 Å². The minimum absolute atomic E-state index is 0.0153. The Morgan fingerprint density at radius 2 is 2.41 bits per heavy atom. The summed E-state index contributed by atoms with van der Waals surface area (Å²) in [6, 6.07) is -0.304. The van der Waals surface area contributed by atoms with Crippen molar-refractivity contribution in [3.8, 4) is 0 Å². The number of aromatic nitrogens is 2. The van der Waals surface area contributed by atoms with E-state index >= 15 is 0 Å². The standard InChI is InChI=1S/C9H16N4O3S/c10-17(15,16)12-8-2-1-3-9-7(8)6-11-13(9)4-5-14/h6,8,12,14H,1-5H2,(H2,10,15,16). The lowest BCUT2D eigenvalue weighted by Gasteiger charge is -2.23. The molecule has 1 aromatic heterocycles. The van der Waals surface area contributed by atoms with Gasteiger partial charge in [0.05, 0.1) is 25.4 Å². The van der Waals surface area contributed by atoms with Gasteiger partial charge in [-0.15, -0.1) is 0 Å². The molecule has 8 heteroatoms. The summed E-state index contributed by atoms with van der Waals surface area (Å²) in [5.74, 6) is 0. The predicted molar refractivity (Wildman–Crippen MR) is 61.2 cm³/mol. The van der Waals surface area contributed by atoms with Crippen LogP contribution in [0.15, 0.2) is 6.20 Å². The molecule has 17 heavy (non-hydrogen) atoms. The molecule has 1 aliphatic rings. The van der Waals surface area contributed by atoms with E-state index in [0.717, 1.165) is 24.1 Å². The Bertz CT molecular complexity index is 496. The Morgan fingerprint density at radius 1 is 1.65 bits per heavy atom. The number of aliphatic hydroxyl groups excluding tert-OH is 1. The van der Waals surface area contributed by atoms with Crippen molar-refractivity contribution in [3.63, 3.8) is 0 Å². The minimum Gasteiger partial charge on any atom is -0.394 e. The van der Waals surface area contributed by atoms with Crippen LogP contribution in [0.3, 0.4) is 0 Å². The van der Waals surface area contributed by atoms with E-state index in [2.05, 4.69) is 9.82 Å². The molecule has 4 N–H and O–H groups in total. The lowest BCUT2D eigenvalue weighted by atomic mass is 9.94. The highest BCUT2D eigenvalue weighted by Crippen LogP contribution is 2.29. The molecule has 0 aliphatic heterocycles. The SMILES string of the molecule is NS(=O)(=O)NC1CCCc2c1cnn2CCO. The second-order valence-electron chi connectivity index (χ2n) is 4.10. The summed E-state index contributed by atoms with van der Waals surface area (Å²) in [5.41, 5.74) is 1.84. The fourth-order valence-electron chi connectivity index (χ4n) is 2.23. The maximum atomic E-state index is 11.0. The summed E-state index contributed by atoms with van der Waals surface area (Å²) in [6.45, 7) is 0.443. The highest BCUT2D eigenvalue weighted by atomic mass is 32.2. The Morgan fingerprint density at radius 3 is 3.06 bits per heavy atom. The molecule has 0 saturated carbocycles. The molecule has 0 radical (unpaired) electrons. The molecule has 0 spiro atoms. The summed E-state index contributed by atoms with van der Waals surface area (Å²) in [6.07, 6.45) is 4.08. The first-order valence-electron chi connectivity index (χ1n) is 5.47. The second-order valence-corrected chi connectivity index (χ2v) is 5.43. The van der Waals surface area contributed by atoms with E-state index in [0.29, 0.717) is 13.0 Å². The van der Waals surface area contributed by atoms with Crippen molar-refractivity contribution < 1.29 is 13.5 Å². The van der Waals surface area contributed by atoms with Crippen molar-refractivity contribution in [2.45, 2.75) is 31.8 Å². The van der Waals surface area contributed by atoms with Crippen LogP contribution < -0.4 is 9.86 Å². The van der Waals surface area contributed by atoms with Gasteiger partial charge in [0.25, 0.3) is 10.2 Å². The molecule has 1 unspecified atom stereocenters. The first kappa shape index (κ1) is 12.5. The topological polar surface area (TPSA) is 110 Å². The zero-order valence-electron chi connectivity index (χ0n) is 9.33. The van der Waals surface area contributed by atoms with Crippen LogP contribution >= 0.6 is 0 Å². The monoisotopic (exact) mass is 260 g/mol. The van der Waals surface area contributed by atoms with Gasteiger partial charge in [-0.3, -0.25) is 4.68 Å². The maximum Gasteiger partial charge on any atom is 0.274 e. The molecular formula is C9H16N4O3S. The molecule has 1 atom stereocenters. The average Bonchev–Trinajstić information content (AvgIpc) is 2.61. The summed E-state index contributed by atoms with van der Waals surface area (Å²) in [5, 5.41) is 18.0. The van der Waals surface area contributed by atoms with Crippen LogP contribution in [0.25, 0.3) is 0 Å². The van der Waals surface area contributed by atoms with E-state index in [9.17, 15) is 8.42 Å². The number of fused-ring (bicyclic) bond motifs is 1. The van der Waals surface area contributed by atoms with Gasteiger partial charge < -0.3 is 5.11 Å². The normalized spacial score (nSPS) is 20.2. The summed E-state index contributed by atoms with van der Waals surface area (Å²) >= 11 is 0. The summed E-state index contributed by atoms with van der Waals surface area (Å²) in [7, 11) is -3.71. The first-order chi connectivity index (χ1) is 8.01. The highest BCUT2D eigenvalue weighted by molar-refractivity contribution is 7.87. The molecule has 0 fully saturated rings. The van der Waals surface area contributed by atoms with Crippen molar-refractivity contribution in [3.05, 3.63) is 17.5 Å². The number of nitrogens with two attached hydrogens (primary N) is 1. The third-order valence-electron chi connectivity index (χ3n) is 2.88. The van der Waals surface area contributed by atoms with E-state index in [1.807, 2.05) is 0 Å². The third kappa shape index (κ3) is 2.83. The molecule has 1 aromatic rings. The molecule has 0 amide bonds. The predicted octanol–water partition coefficient (Wildman–Crippen LogP) is -0.954. The third-order valence-corrected chi connectivity index (χ3v) is 3.49. The lowest BCUT2D eigenvalue weighted by molar-refractivity contribution is 0.266. The molecule has 1 heterocycles. The van der Waals surface area contributed by atoms with Crippen molar-refractivity contribution in [1.82, 2.24) is 14.5 Å². The van der Waals surface area contributed by atoms with E-state index in [1.165, 1.54) is 0 Å². The Balaban J connectivity index is 2.26. The van der Waals surface area contributed by atoms with E-state index < -0.39 is 10.2 Å². The molecule has 0 bridgehead atoms. The Kier molecular flexibility index (Phi) is 3.48. The molecule has 0 aromatic carbocycles. The van der Waals surface area contributed by atoms with Crippen LogP contribution in [0.5, 0.6) is 0 Å². The summed E-state index contributed by atoms with van der Waals surface area (Å²) in [4.78, 5) is 0. The van der Waals surface area contributed by atoms with Gasteiger partial charge in [-0.25, -0.2) is 5.14 Å². The second kappa shape index (κ2) is 4.73.